The van der Waals surface area contributed by atoms with Gasteiger partial charge in [0.15, 0.2) is 0 Å². The summed E-state index contributed by atoms with van der Waals surface area (Å²) in [6.07, 6.45) is 3.44. The van der Waals surface area contributed by atoms with E-state index in [0.717, 1.165) is 35.1 Å². The second-order valence-corrected chi connectivity index (χ2v) is 6.80. The van der Waals surface area contributed by atoms with Gasteiger partial charge in [-0.2, -0.15) is 0 Å². The van der Waals surface area contributed by atoms with Gasteiger partial charge in [0, 0.05) is 17.2 Å². The lowest BCUT2D eigenvalue weighted by atomic mass is 9.93. The molecule has 23 heavy (non-hydrogen) atoms. The molecule has 0 spiro atoms. The number of rotatable bonds is 4. The fraction of sp³-hybridized carbons (Fsp3) is 0.333. The van der Waals surface area contributed by atoms with Crippen molar-refractivity contribution in [3.05, 3.63) is 64.4 Å². The van der Waals surface area contributed by atoms with Gasteiger partial charge < -0.3 is 5.11 Å². The van der Waals surface area contributed by atoms with Crippen LogP contribution in [0.2, 0.25) is 0 Å². The number of pyridine rings is 1. The highest BCUT2D eigenvalue weighted by Gasteiger charge is 2.31. The lowest BCUT2D eigenvalue weighted by Crippen LogP contribution is -2.41. The van der Waals surface area contributed by atoms with Crippen molar-refractivity contribution in [1.82, 2.24) is 9.88 Å². The molecule has 2 atom stereocenters. The van der Waals surface area contributed by atoms with E-state index >= 15 is 0 Å². The molecule has 4 nitrogen and oxygen atoms in total. The molecule has 120 valence electrons. The van der Waals surface area contributed by atoms with E-state index in [4.69, 9.17) is 0 Å². The van der Waals surface area contributed by atoms with Crippen LogP contribution in [0.15, 0.2) is 53.1 Å². The number of aromatic nitrogens is 1. The third-order valence-electron chi connectivity index (χ3n) is 4.30. The van der Waals surface area contributed by atoms with E-state index in [1.807, 2.05) is 30.3 Å². The zero-order valence-electron chi connectivity index (χ0n) is 12.7. The molecule has 1 fully saturated rings. The summed E-state index contributed by atoms with van der Waals surface area (Å²) in [4.78, 5) is 18.2. The molecule has 0 radical (unpaired) electrons. The molecule has 1 aliphatic heterocycles. The van der Waals surface area contributed by atoms with Gasteiger partial charge in [0.2, 0.25) is 0 Å². The third-order valence-corrected chi connectivity index (χ3v) is 4.79. The molecule has 1 saturated heterocycles. The molecule has 1 N–H and O–H groups in total. The standard InChI is InChI=1S/C18H19BrN2O2/c19-15-7-3-5-13(11-15)17(16-8-1-2-9-20-16)21-10-4-6-14(12-21)18(22)23/h1-3,5,7-9,11,14,17H,4,6,10,12H2,(H,22,23). The Balaban J connectivity index is 1.97. The number of piperidine rings is 1. The molecular weight excluding hydrogens is 356 g/mol. The highest BCUT2D eigenvalue weighted by atomic mass is 79.9. The molecule has 0 amide bonds. The zero-order valence-corrected chi connectivity index (χ0v) is 14.3. The average molecular weight is 375 g/mol. The van der Waals surface area contributed by atoms with Crippen molar-refractivity contribution in [2.45, 2.75) is 18.9 Å². The van der Waals surface area contributed by atoms with Gasteiger partial charge in [-0.05, 0) is 49.2 Å². The first-order chi connectivity index (χ1) is 11.1. The van der Waals surface area contributed by atoms with Gasteiger partial charge in [-0.3, -0.25) is 14.7 Å². The smallest absolute Gasteiger partial charge is 0.307 e. The van der Waals surface area contributed by atoms with Crippen molar-refractivity contribution in [1.29, 1.82) is 0 Å². The van der Waals surface area contributed by atoms with Crippen molar-refractivity contribution in [2.75, 3.05) is 13.1 Å². The Morgan fingerprint density at radius 2 is 2.17 bits per heavy atom. The summed E-state index contributed by atoms with van der Waals surface area (Å²) in [5.74, 6) is -1.01. The number of carbonyl (C=O) groups is 1. The Morgan fingerprint density at radius 3 is 2.87 bits per heavy atom. The van der Waals surface area contributed by atoms with Crippen LogP contribution in [-0.4, -0.2) is 34.0 Å². The molecule has 3 rings (SSSR count). The number of benzene rings is 1. The number of carboxylic acids is 1. The zero-order chi connectivity index (χ0) is 16.2. The van der Waals surface area contributed by atoms with E-state index in [-0.39, 0.29) is 12.0 Å². The Hall–Kier alpha value is -1.72. The Kier molecular flexibility index (Phi) is 5.08. The van der Waals surface area contributed by atoms with Crippen LogP contribution in [0.5, 0.6) is 0 Å². The largest absolute Gasteiger partial charge is 0.481 e. The van der Waals surface area contributed by atoms with Crippen LogP contribution >= 0.6 is 15.9 Å². The summed E-state index contributed by atoms with van der Waals surface area (Å²) in [7, 11) is 0. The van der Waals surface area contributed by atoms with Crippen molar-refractivity contribution in [3.63, 3.8) is 0 Å². The average Bonchev–Trinajstić information content (AvgIpc) is 2.56. The summed E-state index contributed by atoms with van der Waals surface area (Å²) >= 11 is 3.53. The number of hydrogen-bond acceptors (Lipinski definition) is 3. The number of halogens is 1. The summed E-state index contributed by atoms with van der Waals surface area (Å²) in [6.45, 7) is 1.45. The molecule has 2 aromatic rings. The van der Waals surface area contributed by atoms with Gasteiger partial charge in [-0.15, -0.1) is 0 Å². The molecule has 0 aliphatic carbocycles. The molecule has 1 aliphatic rings. The normalized spacial score (nSPS) is 20.1. The number of likely N-dealkylation sites (tertiary alicyclic amines) is 1. The number of nitrogens with zero attached hydrogens (tertiary/aromatic N) is 2. The van der Waals surface area contributed by atoms with Gasteiger partial charge in [0.25, 0.3) is 0 Å². The third kappa shape index (κ3) is 3.79. The summed E-state index contributed by atoms with van der Waals surface area (Å²) in [5, 5.41) is 9.37. The van der Waals surface area contributed by atoms with Crippen LogP contribution in [0, 0.1) is 5.92 Å². The maximum atomic E-state index is 11.4. The van der Waals surface area contributed by atoms with Gasteiger partial charge in [-0.25, -0.2) is 0 Å². The first-order valence-corrected chi connectivity index (χ1v) is 8.57. The second-order valence-electron chi connectivity index (χ2n) is 5.88. The van der Waals surface area contributed by atoms with E-state index < -0.39 is 5.97 Å². The Bertz CT molecular complexity index is 678. The van der Waals surface area contributed by atoms with E-state index in [2.05, 4.69) is 37.9 Å². The van der Waals surface area contributed by atoms with Crippen LogP contribution in [0.1, 0.15) is 30.1 Å². The summed E-state index contributed by atoms with van der Waals surface area (Å²) in [5.41, 5.74) is 2.08. The van der Waals surface area contributed by atoms with Crippen molar-refractivity contribution in [3.8, 4) is 0 Å². The molecule has 0 bridgehead atoms. The van der Waals surface area contributed by atoms with E-state index in [0.29, 0.717) is 6.54 Å². The van der Waals surface area contributed by atoms with Crippen molar-refractivity contribution >= 4 is 21.9 Å². The predicted molar refractivity (Wildman–Crippen MR) is 92.2 cm³/mol. The fourth-order valence-electron chi connectivity index (χ4n) is 3.23. The minimum absolute atomic E-state index is 0.0177. The van der Waals surface area contributed by atoms with Crippen LogP contribution in [0.25, 0.3) is 0 Å². The fourth-order valence-corrected chi connectivity index (χ4v) is 3.64. The van der Waals surface area contributed by atoms with Gasteiger partial charge in [-0.1, -0.05) is 34.1 Å². The van der Waals surface area contributed by atoms with E-state index in [9.17, 15) is 9.90 Å². The molecule has 5 heteroatoms. The lowest BCUT2D eigenvalue weighted by molar-refractivity contribution is -0.143. The lowest BCUT2D eigenvalue weighted by Gasteiger charge is -2.37. The number of hydrogen-bond donors (Lipinski definition) is 1. The minimum Gasteiger partial charge on any atom is -0.481 e. The van der Waals surface area contributed by atoms with Crippen molar-refractivity contribution in [2.24, 2.45) is 5.92 Å². The van der Waals surface area contributed by atoms with Gasteiger partial charge in [0.05, 0.1) is 17.7 Å². The minimum atomic E-state index is -0.705. The first-order valence-electron chi connectivity index (χ1n) is 7.78. The molecular formula is C18H19BrN2O2. The van der Waals surface area contributed by atoms with Crippen molar-refractivity contribution < 1.29 is 9.90 Å². The maximum absolute atomic E-state index is 11.4. The molecule has 0 saturated carbocycles. The Labute approximate surface area is 144 Å². The van der Waals surface area contributed by atoms with Crippen LogP contribution in [0.3, 0.4) is 0 Å². The van der Waals surface area contributed by atoms with E-state index in [1.54, 1.807) is 6.20 Å². The van der Waals surface area contributed by atoms with Gasteiger partial charge in [0.1, 0.15) is 0 Å². The highest BCUT2D eigenvalue weighted by Crippen LogP contribution is 2.32. The van der Waals surface area contributed by atoms with Gasteiger partial charge >= 0.3 is 5.97 Å². The molecule has 2 heterocycles. The monoisotopic (exact) mass is 374 g/mol. The first kappa shape index (κ1) is 16.1. The number of carboxylic acid groups (broad SMARTS) is 1. The highest BCUT2D eigenvalue weighted by molar-refractivity contribution is 9.10. The SMILES string of the molecule is O=C(O)C1CCCN(C(c2cccc(Br)c2)c2ccccn2)C1. The maximum Gasteiger partial charge on any atom is 0.307 e. The second kappa shape index (κ2) is 7.23. The summed E-state index contributed by atoms with van der Waals surface area (Å²) < 4.78 is 1.02. The van der Waals surface area contributed by atoms with E-state index in [1.165, 1.54) is 0 Å². The number of aliphatic carboxylic acids is 1. The molecule has 1 aromatic heterocycles. The molecule has 1 aromatic carbocycles. The van der Waals surface area contributed by atoms with Crippen LogP contribution < -0.4 is 0 Å². The predicted octanol–water partition coefficient (Wildman–Crippen LogP) is 3.73. The van der Waals surface area contributed by atoms with Crippen LogP contribution in [-0.2, 0) is 4.79 Å². The van der Waals surface area contributed by atoms with Crippen LogP contribution in [0.4, 0.5) is 0 Å². The summed E-state index contributed by atoms with van der Waals surface area (Å²) in [6, 6.07) is 14.0. The topological polar surface area (TPSA) is 53.4 Å². The Morgan fingerprint density at radius 1 is 1.30 bits per heavy atom. The molecule has 2 unspecified atom stereocenters. The quantitative estimate of drug-likeness (QED) is 0.885.